The Hall–Kier alpha value is -3.10. The third kappa shape index (κ3) is 5.03. The maximum Gasteiger partial charge on any atom is 0.323 e. The number of aliphatic hydroxyl groups is 1. The predicted octanol–water partition coefficient (Wildman–Crippen LogP) is 3.24. The van der Waals surface area contributed by atoms with Crippen LogP contribution in [0.3, 0.4) is 0 Å². The van der Waals surface area contributed by atoms with Crippen molar-refractivity contribution in [1.82, 2.24) is 5.32 Å². The molecule has 0 aromatic heterocycles. The van der Waals surface area contributed by atoms with Gasteiger partial charge in [0.2, 0.25) is 5.91 Å². The fraction of sp³-hybridized carbons (Fsp3) is 0.417. The number of aliphatic hydroxyl groups excluding tert-OH is 1. The standard InChI is InChI=1S/C24H29N3O5/c1-2-10-25-22(29)13-17-12-19-18-11-16(27-24(30)26-15-6-4-3-5-7-15)8-9-20(18)32-23(19)21(14-28)31-17/h3-9,11,17,19,21,23,28H,2,10,12-14H2,1H3,(H,25,29)(H2,26,27,30)/t17-,19+,21+,23-/m1/s1. The highest BCUT2D eigenvalue weighted by atomic mass is 16.6. The van der Waals surface area contributed by atoms with Crippen molar-refractivity contribution in [3.8, 4) is 5.75 Å². The lowest BCUT2D eigenvalue weighted by atomic mass is 9.84. The number of hydrogen-bond acceptors (Lipinski definition) is 5. The fourth-order valence-electron chi connectivity index (χ4n) is 4.33. The van der Waals surface area contributed by atoms with Gasteiger partial charge in [0.1, 0.15) is 18.0 Å². The number of carbonyl (C=O) groups is 2. The molecule has 2 aromatic carbocycles. The van der Waals surface area contributed by atoms with Crippen LogP contribution in [-0.2, 0) is 9.53 Å². The van der Waals surface area contributed by atoms with Crippen molar-refractivity contribution in [3.63, 3.8) is 0 Å². The van der Waals surface area contributed by atoms with Gasteiger partial charge in [0, 0.05) is 29.4 Å². The Bertz CT molecular complexity index is 952. The molecule has 4 N–H and O–H groups in total. The highest BCUT2D eigenvalue weighted by Crippen LogP contribution is 2.47. The monoisotopic (exact) mass is 439 g/mol. The average molecular weight is 440 g/mol. The molecule has 2 aliphatic rings. The first kappa shape index (κ1) is 22.1. The molecule has 0 unspecified atom stereocenters. The van der Waals surface area contributed by atoms with Crippen LogP contribution < -0.4 is 20.7 Å². The van der Waals surface area contributed by atoms with Crippen LogP contribution in [0.15, 0.2) is 48.5 Å². The van der Waals surface area contributed by atoms with Crippen LogP contribution >= 0.6 is 0 Å². The molecular formula is C24H29N3O5. The van der Waals surface area contributed by atoms with Crippen LogP contribution in [0.2, 0.25) is 0 Å². The minimum atomic E-state index is -0.511. The summed E-state index contributed by atoms with van der Waals surface area (Å²) in [4.78, 5) is 24.6. The van der Waals surface area contributed by atoms with Gasteiger partial charge in [0.15, 0.2) is 0 Å². The third-order valence-electron chi connectivity index (χ3n) is 5.77. The van der Waals surface area contributed by atoms with Crippen molar-refractivity contribution in [1.29, 1.82) is 0 Å². The Morgan fingerprint density at radius 2 is 1.88 bits per heavy atom. The second kappa shape index (κ2) is 10.0. The summed E-state index contributed by atoms with van der Waals surface area (Å²) < 4.78 is 12.1. The lowest BCUT2D eigenvalue weighted by molar-refractivity contribution is -0.142. The van der Waals surface area contributed by atoms with Crippen LogP contribution in [-0.4, -0.2) is 48.5 Å². The average Bonchev–Trinajstić information content (AvgIpc) is 3.15. The summed E-state index contributed by atoms with van der Waals surface area (Å²) in [6.07, 6.45) is 0.578. The van der Waals surface area contributed by atoms with Gasteiger partial charge in [-0.1, -0.05) is 25.1 Å². The molecule has 4 atom stereocenters. The van der Waals surface area contributed by atoms with Crippen LogP contribution in [0.4, 0.5) is 16.2 Å². The van der Waals surface area contributed by atoms with Crippen LogP contribution in [0, 0.1) is 0 Å². The van der Waals surface area contributed by atoms with E-state index in [2.05, 4.69) is 16.0 Å². The summed E-state index contributed by atoms with van der Waals surface area (Å²) in [6, 6.07) is 14.4. The van der Waals surface area contributed by atoms with Crippen LogP contribution in [0.5, 0.6) is 5.75 Å². The topological polar surface area (TPSA) is 109 Å². The predicted molar refractivity (Wildman–Crippen MR) is 121 cm³/mol. The number of anilines is 2. The number of carbonyl (C=O) groups excluding carboxylic acids is 2. The molecule has 1 saturated heterocycles. The second-order valence-electron chi connectivity index (χ2n) is 8.16. The highest BCUT2D eigenvalue weighted by molar-refractivity contribution is 5.99. The number of hydrogen-bond donors (Lipinski definition) is 4. The number of rotatable bonds is 7. The summed E-state index contributed by atoms with van der Waals surface area (Å²) in [7, 11) is 0. The Kier molecular flexibility index (Phi) is 6.92. The fourth-order valence-corrected chi connectivity index (χ4v) is 4.33. The van der Waals surface area contributed by atoms with E-state index in [4.69, 9.17) is 9.47 Å². The van der Waals surface area contributed by atoms with E-state index in [1.54, 1.807) is 6.07 Å². The number of nitrogens with one attached hydrogen (secondary N) is 3. The number of fused-ring (bicyclic) bond motifs is 3. The normalized spacial score (nSPS) is 23.4. The molecule has 8 nitrogen and oxygen atoms in total. The Morgan fingerprint density at radius 3 is 2.62 bits per heavy atom. The largest absolute Gasteiger partial charge is 0.487 e. The first-order valence-electron chi connectivity index (χ1n) is 11.0. The Labute approximate surface area is 187 Å². The maximum absolute atomic E-state index is 12.4. The van der Waals surface area contributed by atoms with Crippen molar-refractivity contribution >= 4 is 23.3 Å². The number of para-hydroxylation sites is 1. The van der Waals surface area contributed by atoms with Crippen LogP contribution in [0.1, 0.15) is 37.7 Å². The molecule has 0 spiro atoms. The molecule has 1 fully saturated rings. The molecule has 2 heterocycles. The van der Waals surface area contributed by atoms with Gasteiger partial charge in [-0.05, 0) is 43.2 Å². The maximum atomic E-state index is 12.4. The van der Waals surface area contributed by atoms with Crippen molar-refractivity contribution in [2.45, 2.75) is 50.4 Å². The zero-order chi connectivity index (χ0) is 22.5. The van der Waals surface area contributed by atoms with Crippen molar-refractivity contribution in [2.75, 3.05) is 23.8 Å². The summed E-state index contributed by atoms with van der Waals surface area (Å²) in [5.41, 5.74) is 2.30. The number of ether oxygens (including phenoxy) is 2. The molecule has 170 valence electrons. The second-order valence-corrected chi connectivity index (χ2v) is 8.16. The van der Waals surface area contributed by atoms with Crippen molar-refractivity contribution in [3.05, 3.63) is 54.1 Å². The lowest BCUT2D eigenvalue weighted by Gasteiger charge is -2.37. The zero-order valence-electron chi connectivity index (χ0n) is 18.0. The molecule has 32 heavy (non-hydrogen) atoms. The molecular weight excluding hydrogens is 410 g/mol. The van der Waals surface area contributed by atoms with E-state index in [0.717, 1.165) is 12.0 Å². The zero-order valence-corrected chi connectivity index (χ0v) is 18.0. The SMILES string of the molecule is CCCNC(=O)C[C@H]1C[C@H]2c3cc(NC(=O)Nc4ccccc4)ccc3O[C@H]2[C@H](CO)O1. The summed E-state index contributed by atoms with van der Waals surface area (Å²) in [5.74, 6) is 0.630. The lowest BCUT2D eigenvalue weighted by Crippen LogP contribution is -2.47. The molecule has 2 aromatic rings. The van der Waals surface area contributed by atoms with E-state index in [1.165, 1.54) is 0 Å². The molecule has 0 saturated carbocycles. The van der Waals surface area contributed by atoms with E-state index in [9.17, 15) is 14.7 Å². The highest BCUT2D eigenvalue weighted by Gasteiger charge is 2.46. The first-order chi connectivity index (χ1) is 15.6. The van der Waals surface area contributed by atoms with Gasteiger partial charge in [-0.25, -0.2) is 4.79 Å². The molecule has 0 bridgehead atoms. The van der Waals surface area contributed by atoms with Gasteiger partial charge in [0.25, 0.3) is 0 Å². The van der Waals surface area contributed by atoms with Gasteiger partial charge in [-0.2, -0.15) is 0 Å². The minimum absolute atomic E-state index is 0.0289. The molecule has 0 aliphatic carbocycles. The van der Waals surface area contributed by atoms with Gasteiger partial charge in [0.05, 0.1) is 19.1 Å². The van der Waals surface area contributed by atoms with Gasteiger partial charge in [-0.15, -0.1) is 0 Å². The minimum Gasteiger partial charge on any atom is -0.487 e. The first-order valence-corrected chi connectivity index (χ1v) is 11.0. The van der Waals surface area contributed by atoms with Crippen molar-refractivity contribution < 1.29 is 24.2 Å². The summed E-state index contributed by atoms with van der Waals surface area (Å²) in [5, 5.41) is 18.4. The quantitative estimate of drug-likeness (QED) is 0.530. The summed E-state index contributed by atoms with van der Waals surface area (Å²) in [6.45, 7) is 2.45. The van der Waals surface area contributed by atoms with E-state index in [-0.39, 0.29) is 43.1 Å². The Balaban J connectivity index is 1.45. The number of amides is 3. The molecule has 8 heteroatoms. The van der Waals surface area contributed by atoms with Crippen LogP contribution in [0.25, 0.3) is 0 Å². The third-order valence-corrected chi connectivity index (χ3v) is 5.77. The van der Waals surface area contributed by atoms with Gasteiger partial charge in [-0.3, -0.25) is 4.79 Å². The number of urea groups is 1. The van der Waals surface area contributed by atoms with E-state index < -0.39 is 6.10 Å². The molecule has 4 rings (SSSR count). The van der Waals surface area contributed by atoms with E-state index >= 15 is 0 Å². The smallest absolute Gasteiger partial charge is 0.323 e. The van der Waals surface area contributed by atoms with Gasteiger partial charge >= 0.3 is 6.03 Å². The van der Waals surface area contributed by atoms with Crippen molar-refractivity contribution in [2.24, 2.45) is 0 Å². The molecule has 2 aliphatic heterocycles. The van der Waals surface area contributed by atoms with Gasteiger partial charge < -0.3 is 30.5 Å². The Morgan fingerprint density at radius 1 is 1.09 bits per heavy atom. The molecule has 0 radical (unpaired) electrons. The molecule has 3 amide bonds. The summed E-state index contributed by atoms with van der Waals surface area (Å²) >= 11 is 0. The van der Waals surface area contributed by atoms with E-state index in [0.29, 0.717) is 30.1 Å². The number of benzene rings is 2. The van der Waals surface area contributed by atoms with E-state index in [1.807, 2.05) is 49.4 Å².